The summed E-state index contributed by atoms with van der Waals surface area (Å²) in [5.41, 5.74) is 0.159. The smallest absolute Gasteiger partial charge is 0.338 e. The van der Waals surface area contributed by atoms with Crippen molar-refractivity contribution in [3.8, 4) is 0 Å². The van der Waals surface area contributed by atoms with Crippen LogP contribution in [-0.2, 0) is 71.1 Å². The van der Waals surface area contributed by atoms with Gasteiger partial charge in [-0.3, -0.25) is 4.79 Å². The molecule has 0 amide bonds. The molecule has 16 atom stereocenters. The molecule has 0 saturated carbocycles. The minimum absolute atomic E-state index is 0.00183. The second kappa shape index (κ2) is 28.6. The normalized spacial score (nSPS) is 28.3. The lowest BCUT2D eigenvalue weighted by molar-refractivity contribution is -0.381. The van der Waals surface area contributed by atoms with E-state index < -0.39 is 160 Å². The van der Waals surface area contributed by atoms with Gasteiger partial charge in [0.15, 0.2) is 61.8 Å². The van der Waals surface area contributed by atoms with Crippen LogP contribution in [0.5, 0.6) is 0 Å². The second-order valence-electron chi connectivity index (χ2n) is 20.3. The Bertz CT molecular complexity index is 3290. The number of hydrogen-bond donors (Lipinski definition) is 2. The minimum Gasteiger partial charge on any atom is -0.459 e. The van der Waals surface area contributed by atoms with Crippen molar-refractivity contribution in [3.05, 3.63) is 215 Å². The van der Waals surface area contributed by atoms with Crippen molar-refractivity contribution < 1.29 is 110 Å². The van der Waals surface area contributed by atoms with E-state index >= 15 is 0 Å². The van der Waals surface area contributed by atoms with Crippen molar-refractivity contribution in [1.82, 2.24) is 0 Å². The van der Waals surface area contributed by atoms with E-state index in [9.17, 15) is 43.8 Å². The summed E-state index contributed by atoms with van der Waals surface area (Å²) in [6, 6.07) is 46.2. The van der Waals surface area contributed by atoms with Gasteiger partial charge in [-0.15, -0.1) is 0 Å². The van der Waals surface area contributed by atoms with Gasteiger partial charge in [-0.25, -0.2) is 28.8 Å². The molecule has 4 heterocycles. The summed E-state index contributed by atoms with van der Waals surface area (Å²) < 4.78 is 87.8. The third-order valence-electron chi connectivity index (χ3n) is 14.3. The Labute approximate surface area is 497 Å². The molecule has 1 unspecified atom stereocenters. The first-order chi connectivity index (χ1) is 42.2. The first kappa shape index (κ1) is 61.3. The van der Waals surface area contributed by atoms with Gasteiger partial charge in [0.1, 0.15) is 49.8 Å². The van der Waals surface area contributed by atoms with Gasteiger partial charge in [0, 0.05) is 6.92 Å². The third-order valence-corrected chi connectivity index (χ3v) is 14.3. The van der Waals surface area contributed by atoms with Crippen LogP contribution in [0.3, 0.4) is 0 Å². The van der Waals surface area contributed by atoms with Crippen molar-refractivity contribution in [2.24, 2.45) is 0 Å². The maximum Gasteiger partial charge on any atom is 0.338 e. The summed E-state index contributed by atoms with van der Waals surface area (Å²) in [5.74, 6) is -6.87. The largest absolute Gasteiger partial charge is 0.459 e. The van der Waals surface area contributed by atoms with Crippen LogP contribution in [0.1, 0.15) is 76.0 Å². The lowest BCUT2D eigenvalue weighted by Crippen LogP contribution is -2.68. The molecule has 10 rings (SSSR count). The van der Waals surface area contributed by atoms with Gasteiger partial charge in [0.25, 0.3) is 0 Å². The van der Waals surface area contributed by atoms with Gasteiger partial charge in [-0.2, -0.15) is 0 Å². The fraction of sp³-hybridized carbons (Fsp3) is 0.328. The third kappa shape index (κ3) is 14.9. The number of esters is 7. The van der Waals surface area contributed by atoms with Crippen LogP contribution >= 0.6 is 0 Å². The molecule has 0 bridgehead atoms. The molecule has 6 aromatic rings. The highest BCUT2D eigenvalue weighted by Crippen LogP contribution is 2.40. The predicted molar refractivity (Wildman–Crippen MR) is 296 cm³/mol. The van der Waals surface area contributed by atoms with Crippen molar-refractivity contribution in [1.29, 1.82) is 0 Å². The summed E-state index contributed by atoms with van der Waals surface area (Å²) in [7, 11) is 0. The van der Waals surface area contributed by atoms with Crippen LogP contribution in [0.2, 0.25) is 0 Å². The molecular formula is C64H60O23. The molecule has 4 saturated heterocycles. The van der Waals surface area contributed by atoms with Gasteiger partial charge in [-0.05, 0) is 79.7 Å². The average Bonchev–Trinajstić information content (AvgIpc) is 1.73. The number of aliphatic hydroxyl groups excluding tert-OH is 2. The summed E-state index contributed by atoms with van der Waals surface area (Å²) in [5, 5.41) is 22.5. The molecule has 454 valence electrons. The lowest BCUT2D eigenvalue weighted by atomic mass is 9.95. The summed E-state index contributed by atoms with van der Waals surface area (Å²) >= 11 is 0. The van der Waals surface area contributed by atoms with Gasteiger partial charge in [0.05, 0.1) is 40.0 Å². The predicted octanol–water partition coefficient (Wildman–Crippen LogP) is 5.59. The number of rotatable bonds is 20. The molecule has 23 nitrogen and oxygen atoms in total. The van der Waals surface area contributed by atoms with E-state index in [0.29, 0.717) is 0 Å². The fourth-order valence-electron chi connectivity index (χ4n) is 10.2. The Balaban J connectivity index is 1.13. The minimum atomic E-state index is -2.14. The molecule has 4 fully saturated rings. The summed E-state index contributed by atoms with van der Waals surface area (Å²) in [6.45, 7) is 0.231. The number of benzene rings is 6. The van der Waals surface area contributed by atoms with Crippen LogP contribution in [0.15, 0.2) is 182 Å². The van der Waals surface area contributed by atoms with E-state index in [1.807, 2.05) is 0 Å². The highest BCUT2D eigenvalue weighted by molar-refractivity contribution is 5.92. The molecular weight excluding hydrogens is 1140 g/mol. The molecule has 87 heavy (non-hydrogen) atoms. The van der Waals surface area contributed by atoms with Crippen LogP contribution in [0.4, 0.5) is 0 Å². The summed E-state index contributed by atoms with van der Waals surface area (Å²) in [4.78, 5) is 99.2. The first-order valence-corrected chi connectivity index (χ1v) is 27.8. The Morgan fingerprint density at radius 1 is 0.379 bits per heavy atom. The molecule has 0 spiro atoms. The van der Waals surface area contributed by atoms with E-state index in [0.717, 1.165) is 6.92 Å². The van der Waals surface area contributed by atoms with Crippen molar-refractivity contribution >= 4 is 41.8 Å². The Kier molecular flexibility index (Phi) is 20.2. The number of hydrogen-bond acceptors (Lipinski definition) is 23. The zero-order valence-corrected chi connectivity index (χ0v) is 46.6. The van der Waals surface area contributed by atoms with E-state index in [1.54, 1.807) is 116 Å². The van der Waals surface area contributed by atoms with E-state index in [1.165, 1.54) is 72.8 Å². The number of carbonyl (C=O) groups is 7. The van der Waals surface area contributed by atoms with Gasteiger partial charge in [-0.1, -0.05) is 109 Å². The second-order valence-corrected chi connectivity index (χ2v) is 20.3. The standard InChI is InChI=1S/C64H60O23/c1-36(66)76-54-51(84-60(72)42-29-17-7-18-30-42)48(82-58(70)40-25-13-5-14-26-40)45(34-74-56(68)38-21-9-3-10-22-38)80-63(54)87-55-52(85-61(73)43-31-19-8-20-32-43)49(83-59(71)41-27-15-6-16-28-41)46(35-75-57(69)39-23-11-4-12-24-39)81-64(55)86-50-47(67)44(33-65)79-62-53(50)77-37(2)78-62/h3-32,37,44-55,62-65,67H,33-35H2,1-2H3/t37?,44-,45-,46-,47-,48-,49-,50+,51+,52+,53+,54+,55+,62-,63-,64-/m1/s1. The average molecular weight is 1200 g/mol. The SMILES string of the molecule is CC(=O)O[C@@H]1[C@@H](O[C@@H]2[C@@H](O[C@H]3[C@H](O)[C@@H](CO)O[C@H]4OC(C)O[C@H]43)O[C@H](COC(=O)c3ccccc3)[C@@H](OC(=O)c3ccccc3)[C@@H]2OC(=O)c2ccccc2)O[C@H](COC(=O)c2ccccc2)[C@@H](OC(=O)c2ccccc2)[C@@H]1OC(=O)c1ccccc1. The maximum absolute atomic E-state index is 14.8. The van der Waals surface area contributed by atoms with Crippen molar-refractivity contribution in [2.75, 3.05) is 19.8 Å². The molecule has 4 aliphatic heterocycles. The first-order valence-electron chi connectivity index (χ1n) is 27.8. The van der Waals surface area contributed by atoms with Crippen LogP contribution in [0, 0.1) is 0 Å². The molecule has 23 heteroatoms. The number of carbonyl (C=O) groups excluding carboxylic acids is 7. The number of fused-ring (bicyclic) bond motifs is 1. The maximum atomic E-state index is 14.8. The van der Waals surface area contributed by atoms with E-state index in [2.05, 4.69) is 0 Å². The fourth-order valence-corrected chi connectivity index (χ4v) is 10.2. The van der Waals surface area contributed by atoms with Gasteiger partial charge in [0.2, 0.25) is 0 Å². The zero-order valence-electron chi connectivity index (χ0n) is 46.6. The van der Waals surface area contributed by atoms with E-state index in [-0.39, 0.29) is 33.4 Å². The van der Waals surface area contributed by atoms with Crippen molar-refractivity contribution in [2.45, 2.75) is 112 Å². The molecule has 4 aliphatic rings. The van der Waals surface area contributed by atoms with Crippen LogP contribution in [-0.4, -0.2) is 170 Å². The molecule has 0 aliphatic carbocycles. The van der Waals surface area contributed by atoms with Crippen LogP contribution < -0.4 is 0 Å². The lowest BCUT2D eigenvalue weighted by Gasteiger charge is -2.50. The molecule has 0 radical (unpaired) electrons. The highest BCUT2D eigenvalue weighted by Gasteiger charge is 2.61. The van der Waals surface area contributed by atoms with Crippen molar-refractivity contribution in [3.63, 3.8) is 0 Å². The van der Waals surface area contributed by atoms with Gasteiger partial charge >= 0.3 is 41.8 Å². The Morgan fingerprint density at radius 3 is 1.08 bits per heavy atom. The quantitative estimate of drug-likeness (QED) is 0.0695. The zero-order chi connectivity index (χ0) is 61.0. The Hall–Kier alpha value is -8.75. The van der Waals surface area contributed by atoms with Crippen LogP contribution in [0.25, 0.3) is 0 Å². The highest BCUT2D eigenvalue weighted by atomic mass is 16.8. The number of aliphatic hydroxyl groups is 2. The topological polar surface area (TPSA) is 289 Å². The monoisotopic (exact) mass is 1200 g/mol. The van der Waals surface area contributed by atoms with Gasteiger partial charge < -0.3 is 76.5 Å². The molecule has 6 aromatic carbocycles. The summed E-state index contributed by atoms with van der Waals surface area (Å²) in [6.07, 6.45) is -27.6. The van der Waals surface area contributed by atoms with E-state index in [4.69, 9.17) is 66.3 Å². The number of ether oxygens (including phenoxy) is 14. The molecule has 2 N–H and O–H groups in total. The molecule has 0 aromatic heterocycles. The Morgan fingerprint density at radius 2 is 0.713 bits per heavy atom.